The van der Waals surface area contributed by atoms with E-state index in [0.29, 0.717) is 35.2 Å². The van der Waals surface area contributed by atoms with Gasteiger partial charge in [-0.15, -0.1) is 0 Å². The highest BCUT2D eigenvalue weighted by molar-refractivity contribution is 7.97. The Morgan fingerprint density at radius 1 is 1.19 bits per heavy atom. The fourth-order valence-electron chi connectivity index (χ4n) is 2.55. The van der Waals surface area contributed by atoms with Crippen molar-refractivity contribution in [3.8, 4) is 17.6 Å². The molecule has 26 heavy (non-hydrogen) atoms. The predicted octanol–water partition coefficient (Wildman–Crippen LogP) is 4.05. The van der Waals surface area contributed by atoms with Crippen molar-refractivity contribution < 1.29 is 13.2 Å². The van der Waals surface area contributed by atoms with E-state index in [1.807, 2.05) is 23.4 Å². The van der Waals surface area contributed by atoms with Gasteiger partial charge in [-0.2, -0.15) is 5.26 Å². The molecule has 2 aromatic carbocycles. The molecule has 0 bridgehead atoms. The minimum Gasteiger partial charge on any atom is -0.456 e. The molecular formula is C18H17ClN2O3S2. The molecule has 8 heteroatoms. The summed E-state index contributed by atoms with van der Waals surface area (Å²) < 4.78 is 31.2. The average Bonchev–Trinajstić information content (AvgIpc) is 2.57. The summed E-state index contributed by atoms with van der Waals surface area (Å²) in [6.45, 7) is 2.82. The van der Waals surface area contributed by atoms with E-state index in [1.165, 1.54) is 11.9 Å². The number of nitriles is 1. The molecular weight excluding hydrogens is 392 g/mol. The van der Waals surface area contributed by atoms with Crippen LogP contribution in [0.1, 0.15) is 11.1 Å². The first-order valence-corrected chi connectivity index (χ1v) is 10.9. The lowest BCUT2D eigenvalue weighted by Gasteiger charge is -2.26. The highest BCUT2D eigenvalue weighted by Gasteiger charge is 2.23. The van der Waals surface area contributed by atoms with Crippen molar-refractivity contribution in [1.82, 2.24) is 4.31 Å². The Morgan fingerprint density at radius 2 is 1.92 bits per heavy atom. The van der Waals surface area contributed by atoms with Crippen molar-refractivity contribution in [3.63, 3.8) is 0 Å². The number of hydrogen-bond donors (Lipinski definition) is 0. The van der Waals surface area contributed by atoms with Crippen LogP contribution in [-0.2, 0) is 9.84 Å². The van der Waals surface area contributed by atoms with E-state index in [-0.39, 0.29) is 11.5 Å². The third kappa shape index (κ3) is 4.92. The molecule has 2 aromatic rings. The van der Waals surface area contributed by atoms with Gasteiger partial charge in [-0.3, -0.25) is 0 Å². The van der Waals surface area contributed by atoms with E-state index in [2.05, 4.69) is 6.07 Å². The van der Waals surface area contributed by atoms with Crippen LogP contribution in [0.25, 0.3) is 0 Å². The van der Waals surface area contributed by atoms with E-state index in [1.54, 1.807) is 24.3 Å². The maximum atomic E-state index is 11.6. The second-order valence-electron chi connectivity index (χ2n) is 6.01. The smallest absolute Gasteiger partial charge is 0.152 e. The molecule has 5 nitrogen and oxygen atoms in total. The first-order valence-electron chi connectivity index (χ1n) is 7.97. The largest absolute Gasteiger partial charge is 0.456 e. The predicted molar refractivity (Wildman–Crippen MR) is 104 cm³/mol. The van der Waals surface area contributed by atoms with E-state index in [9.17, 15) is 13.7 Å². The van der Waals surface area contributed by atoms with Gasteiger partial charge in [-0.05, 0) is 60.8 Å². The van der Waals surface area contributed by atoms with Gasteiger partial charge in [0.05, 0.1) is 28.0 Å². The molecule has 0 spiro atoms. The van der Waals surface area contributed by atoms with Crippen LogP contribution in [0.2, 0.25) is 5.02 Å². The summed E-state index contributed by atoms with van der Waals surface area (Å²) in [7, 11) is -2.94. The van der Waals surface area contributed by atoms with Gasteiger partial charge in [0, 0.05) is 18.1 Å². The lowest BCUT2D eigenvalue weighted by Crippen LogP contribution is -2.36. The van der Waals surface area contributed by atoms with Crippen LogP contribution in [0.4, 0.5) is 0 Å². The second kappa shape index (κ2) is 7.89. The summed E-state index contributed by atoms with van der Waals surface area (Å²) >= 11 is 7.50. The first kappa shape index (κ1) is 19.1. The molecule has 1 aliphatic rings. The van der Waals surface area contributed by atoms with Crippen LogP contribution in [0.15, 0.2) is 41.3 Å². The molecule has 136 valence electrons. The highest BCUT2D eigenvalue weighted by Crippen LogP contribution is 2.36. The first-order chi connectivity index (χ1) is 12.3. The molecule has 3 rings (SSSR count). The third-order valence-electron chi connectivity index (χ3n) is 3.85. The van der Waals surface area contributed by atoms with Crippen LogP contribution in [0.3, 0.4) is 0 Å². The minimum absolute atomic E-state index is 0.140. The number of ether oxygens (including phenoxy) is 1. The van der Waals surface area contributed by atoms with Gasteiger partial charge in [-0.1, -0.05) is 11.6 Å². The van der Waals surface area contributed by atoms with Gasteiger partial charge in [0.25, 0.3) is 0 Å². The Labute approximate surface area is 162 Å². The standard InChI is InChI=1S/C18H17ClN2O3S2/c1-13-8-15(19)11-16(9-13)24-17-3-2-14(12-20)10-18(17)25-21-4-6-26(22,23)7-5-21/h2-3,8-11H,4-7H2,1H3. The van der Waals surface area contributed by atoms with Crippen molar-refractivity contribution in [1.29, 1.82) is 5.26 Å². The zero-order valence-electron chi connectivity index (χ0n) is 14.1. The molecule has 0 aromatic heterocycles. The molecule has 0 aliphatic carbocycles. The molecule has 1 fully saturated rings. The molecule has 1 aliphatic heterocycles. The summed E-state index contributed by atoms with van der Waals surface area (Å²) in [5.74, 6) is 1.50. The Balaban J connectivity index is 1.85. The van der Waals surface area contributed by atoms with Crippen LogP contribution < -0.4 is 4.74 Å². The number of benzene rings is 2. The quantitative estimate of drug-likeness (QED) is 0.711. The topological polar surface area (TPSA) is 70.4 Å². The van der Waals surface area contributed by atoms with Crippen molar-refractivity contribution in [3.05, 3.63) is 52.5 Å². The number of halogens is 1. The molecule has 0 unspecified atom stereocenters. The van der Waals surface area contributed by atoms with Gasteiger partial charge in [0.1, 0.15) is 11.5 Å². The summed E-state index contributed by atoms with van der Waals surface area (Å²) in [5, 5.41) is 9.77. The SMILES string of the molecule is Cc1cc(Cl)cc(Oc2ccc(C#N)cc2SN2CCS(=O)(=O)CC2)c1. The second-order valence-corrected chi connectivity index (χ2v) is 9.89. The molecule has 0 atom stereocenters. The lowest BCUT2D eigenvalue weighted by atomic mass is 10.2. The van der Waals surface area contributed by atoms with Gasteiger partial charge < -0.3 is 4.74 Å². The number of sulfone groups is 1. The normalized spacial score (nSPS) is 16.8. The Bertz CT molecular complexity index is 937. The fourth-order valence-corrected chi connectivity index (χ4v) is 5.28. The number of aryl methyl sites for hydroxylation is 1. The van der Waals surface area contributed by atoms with E-state index in [4.69, 9.17) is 16.3 Å². The molecule has 0 radical (unpaired) electrons. The minimum atomic E-state index is -2.94. The van der Waals surface area contributed by atoms with E-state index in [0.717, 1.165) is 10.5 Å². The molecule has 1 heterocycles. The van der Waals surface area contributed by atoms with Crippen LogP contribution in [0.5, 0.6) is 11.5 Å². The van der Waals surface area contributed by atoms with Gasteiger partial charge in [0.2, 0.25) is 0 Å². The number of nitrogens with zero attached hydrogens (tertiary/aromatic N) is 2. The van der Waals surface area contributed by atoms with Crippen molar-refractivity contribution >= 4 is 33.4 Å². The van der Waals surface area contributed by atoms with Crippen molar-refractivity contribution in [2.24, 2.45) is 0 Å². The maximum absolute atomic E-state index is 11.6. The van der Waals surface area contributed by atoms with Gasteiger partial charge in [0.15, 0.2) is 9.84 Å². The lowest BCUT2D eigenvalue weighted by molar-refractivity contribution is 0.464. The number of rotatable bonds is 4. The molecule has 0 N–H and O–H groups in total. The zero-order chi connectivity index (χ0) is 18.7. The summed E-state index contributed by atoms with van der Waals surface area (Å²) in [4.78, 5) is 0.765. The highest BCUT2D eigenvalue weighted by atomic mass is 35.5. The fraction of sp³-hybridized carbons (Fsp3) is 0.278. The van der Waals surface area contributed by atoms with Gasteiger partial charge >= 0.3 is 0 Å². The summed E-state index contributed by atoms with van der Waals surface area (Å²) in [6.07, 6.45) is 0. The van der Waals surface area contributed by atoms with Gasteiger partial charge in [-0.25, -0.2) is 12.7 Å². The molecule has 0 saturated carbocycles. The van der Waals surface area contributed by atoms with Crippen LogP contribution >= 0.6 is 23.5 Å². The maximum Gasteiger partial charge on any atom is 0.152 e. The van der Waals surface area contributed by atoms with Crippen LogP contribution in [0, 0.1) is 18.3 Å². The average molecular weight is 409 g/mol. The van der Waals surface area contributed by atoms with Crippen molar-refractivity contribution in [2.75, 3.05) is 24.6 Å². The Morgan fingerprint density at radius 3 is 2.58 bits per heavy atom. The van der Waals surface area contributed by atoms with E-state index >= 15 is 0 Å². The summed E-state index contributed by atoms with van der Waals surface area (Å²) in [5.41, 5.74) is 1.50. The summed E-state index contributed by atoms with van der Waals surface area (Å²) in [6, 6.07) is 12.8. The monoisotopic (exact) mass is 408 g/mol. The third-order valence-corrected chi connectivity index (χ3v) is 6.81. The Hall–Kier alpha value is -1.72. The zero-order valence-corrected chi connectivity index (χ0v) is 16.5. The van der Waals surface area contributed by atoms with E-state index < -0.39 is 9.84 Å². The molecule has 0 amide bonds. The molecule has 1 saturated heterocycles. The van der Waals surface area contributed by atoms with Crippen molar-refractivity contribution in [2.45, 2.75) is 11.8 Å². The number of hydrogen-bond acceptors (Lipinski definition) is 6. The van der Waals surface area contributed by atoms with Crippen LogP contribution in [-0.4, -0.2) is 37.3 Å². The Kier molecular flexibility index (Phi) is 5.78.